The highest BCUT2D eigenvalue weighted by Gasteiger charge is 2.47. The molecule has 1 N–H and O–H groups in total. The smallest absolute Gasteiger partial charge is 0.291 e. The number of hydrogen-bond donors (Lipinski definition) is 1. The molecule has 0 radical (unpaired) electrons. The molecule has 1 aliphatic heterocycles. The summed E-state index contributed by atoms with van der Waals surface area (Å²) < 4.78 is 56.6. The lowest BCUT2D eigenvalue weighted by Crippen LogP contribution is -2.61. The lowest BCUT2D eigenvalue weighted by Gasteiger charge is -2.43. The van der Waals surface area contributed by atoms with Crippen LogP contribution in [0.5, 0.6) is 0 Å². The first kappa shape index (κ1) is 25.7. The zero-order valence-corrected chi connectivity index (χ0v) is 19.4. The molecule has 182 valence electrons. The average molecular weight is 483 g/mol. The minimum Gasteiger partial charge on any atom is -0.387 e. The van der Waals surface area contributed by atoms with Crippen molar-refractivity contribution in [1.29, 1.82) is 0 Å². The van der Waals surface area contributed by atoms with Crippen molar-refractivity contribution in [1.82, 2.24) is 0 Å². The highest BCUT2D eigenvalue weighted by Crippen LogP contribution is 2.28. The zero-order valence-electron chi connectivity index (χ0n) is 18.6. The number of hydrogen-bond acceptors (Lipinski definition) is 9. The molecule has 1 fully saturated rings. The van der Waals surface area contributed by atoms with Crippen molar-refractivity contribution in [2.24, 2.45) is 0 Å². The fraction of sp³-hybridized carbons (Fsp3) is 0.478. The predicted octanol–water partition coefficient (Wildman–Crippen LogP) is 1.84. The number of aliphatic hydroxyl groups is 1. The van der Waals surface area contributed by atoms with E-state index in [1.54, 1.807) is 0 Å². The van der Waals surface area contributed by atoms with E-state index in [2.05, 4.69) is 4.18 Å². The third-order valence-electron chi connectivity index (χ3n) is 5.19. The second-order valence-electron chi connectivity index (χ2n) is 7.50. The maximum absolute atomic E-state index is 11.8. The Balaban J connectivity index is 1.71. The Labute approximate surface area is 194 Å². The number of aliphatic hydroxyl groups excluding tert-OH is 1. The molecule has 0 unspecified atom stereocenters. The second kappa shape index (κ2) is 12.5. The topological polar surface area (TPSA) is 110 Å². The van der Waals surface area contributed by atoms with Crippen LogP contribution in [-0.4, -0.2) is 71.0 Å². The largest absolute Gasteiger partial charge is 0.387 e. The standard InChI is InChI=1S/C23H30O9S/c1-27-23-22(31-16-33(25,26)28-2)21(30-14-18-11-7-4-8-12-18)20(24)19(32-23)15-29-13-17-9-5-3-6-10-17/h3-12,19-24H,13-16H2,1-2H3/t19-,20-,21+,22-,23+/m1/s1. The molecule has 5 atom stereocenters. The van der Waals surface area contributed by atoms with Gasteiger partial charge in [-0.05, 0) is 11.1 Å². The van der Waals surface area contributed by atoms with Gasteiger partial charge in [-0.15, -0.1) is 0 Å². The van der Waals surface area contributed by atoms with Gasteiger partial charge in [-0.25, -0.2) is 0 Å². The highest BCUT2D eigenvalue weighted by molar-refractivity contribution is 7.86. The molecule has 0 aliphatic carbocycles. The Morgan fingerprint density at radius 1 is 0.879 bits per heavy atom. The van der Waals surface area contributed by atoms with Crippen molar-refractivity contribution in [2.75, 3.05) is 26.8 Å². The van der Waals surface area contributed by atoms with E-state index in [-0.39, 0.29) is 13.2 Å². The van der Waals surface area contributed by atoms with E-state index in [1.807, 2.05) is 60.7 Å². The summed E-state index contributed by atoms with van der Waals surface area (Å²) in [6.07, 6.45) is -4.90. The van der Waals surface area contributed by atoms with Crippen molar-refractivity contribution >= 4 is 10.1 Å². The van der Waals surface area contributed by atoms with Crippen LogP contribution in [0, 0.1) is 0 Å². The van der Waals surface area contributed by atoms with E-state index in [9.17, 15) is 13.5 Å². The van der Waals surface area contributed by atoms with E-state index >= 15 is 0 Å². The maximum Gasteiger partial charge on any atom is 0.291 e. The monoisotopic (exact) mass is 482 g/mol. The molecule has 2 aromatic rings. The van der Waals surface area contributed by atoms with Crippen LogP contribution in [0.3, 0.4) is 0 Å². The molecule has 1 heterocycles. The average Bonchev–Trinajstić information content (AvgIpc) is 2.84. The first-order chi connectivity index (χ1) is 15.9. The summed E-state index contributed by atoms with van der Waals surface area (Å²) in [5.41, 5.74) is 1.86. The van der Waals surface area contributed by atoms with Gasteiger partial charge in [0.15, 0.2) is 12.2 Å². The van der Waals surface area contributed by atoms with Gasteiger partial charge in [0, 0.05) is 7.11 Å². The van der Waals surface area contributed by atoms with Crippen LogP contribution in [0.1, 0.15) is 11.1 Å². The van der Waals surface area contributed by atoms with Crippen LogP contribution in [0.4, 0.5) is 0 Å². The third kappa shape index (κ3) is 7.56. The number of benzene rings is 2. The lowest BCUT2D eigenvalue weighted by atomic mass is 9.98. The Morgan fingerprint density at radius 2 is 1.48 bits per heavy atom. The van der Waals surface area contributed by atoms with Crippen LogP contribution in [0.15, 0.2) is 60.7 Å². The van der Waals surface area contributed by atoms with Crippen molar-refractivity contribution < 1.29 is 41.4 Å². The summed E-state index contributed by atoms with van der Waals surface area (Å²) >= 11 is 0. The first-order valence-corrected chi connectivity index (χ1v) is 12.0. The minimum absolute atomic E-state index is 0.0736. The molecular formula is C23H30O9S. The van der Waals surface area contributed by atoms with Gasteiger partial charge >= 0.3 is 0 Å². The van der Waals surface area contributed by atoms with Crippen molar-refractivity contribution in [2.45, 2.75) is 43.9 Å². The fourth-order valence-electron chi connectivity index (χ4n) is 3.43. The molecule has 2 aromatic carbocycles. The zero-order chi connectivity index (χ0) is 23.7. The fourth-order valence-corrected chi connectivity index (χ4v) is 3.85. The minimum atomic E-state index is -3.91. The van der Waals surface area contributed by atoms with Crippen LogP contribution in [0.2, 0.25) is 0 Å². The summed E-state index contributed by atoms with van der Waals surface area (Å²) in [7, 11) is -1.47. The maximum atomic E-state index is 11.8. The van der Waals surface area contributed by atoms with E-state index < -0.39 is 46.8 Å². The summed E-state index contributed by atoms with van der Waals surface area (Å²) in [5, 5.41) is 11.0. The molecule has 33 heavy (non-hydrogen) atoms. The Bertz CT molecular complexity index is 923. The van der Waals surface area contributed by atoms with Gasteiger partial charge in [-0.2, -0.15) is 8.42 Å². The molecule has 0 amide bonds. The molecule has 0 bridgehead atoms. The molecule has 3 rings (SSSR count). The molecule has 1 saturated heterocycles. The van der Waals surface area contributed by atoms with E-state index in [0.29, 0.717) is 6.61 Å². The van der Waals surface area contributed by atoms with Crippen LogP contribution in [-0.2, 0) is 51.2 Å². The first-order valence-electron chi connectivity index (χ1n) is 10.5. The van der Waals surface area contributed by atoms with Crippen molar-refractivity contribution in [3.05, 3.63) is 71.8 Å². The third-order valence-corrected chi connectivity index (χ3v) is 6.12. The lowest BCUT2D eigenvalue weighted by molar-refractivity contribution is -0.311. The molecular weight excluding hydrogens is 452 g/mol. The molecule has 9 nitrogen and oxygen atoms in total. The van der Waals surface area contributed by atoms with Gasteiger partial charge in [0.2, 0.25) is 0 Å². The van der Waals surface area contributed by atoms with E-state index in [4.69, 9.17) is 23.7 Å². The van der Waals surface area contributed by atoms with Gasteiger partial charge in [0.05, 0.1) is 26.9 Å². The van der Waals surface area contributed by atoms with Gasteiger partial charge in [0.1, 0.15) is 24.4 Å². The molecule has 0 saturated carbocycles. The summed E-state index contributed by atoms with van der Waals surface area (Å²) in [6.45, 7) is 0.588. The SMILES string of the molecule is CO[C@H]1O[C@H](COCc2ccccc2)[C@@H](O)[C@H](OCc2ccccc2)[C@H]1OCS(=O)(=O)OC. The van der Waals surface area contributed by atoms with Crippen molar-refractivity contribution in [3.63, 3.8) is 0 Å². The normalized spacial score (nSPS) is 25.7. The van der Waals surface area contributed by atoms with Crippen LogP contribution < -0.4 is 0 Å². The van der Waals surface area contributed by atoms with Crippen LogP contribution in [0.25, 0.3) is 0 Å². The Morgan fingerprint density at radius 3 is 2.06 bits per heavy atom. The molecule has 0 aromatic heterocycles. The Hall–Kier alpha value is -1.89. The number of ether oxygens (including phenoxy) is 5. The number of methoxy groups -OCH3 is 1. The highest BCUT2D eigenvalue weighted by atomic mass is 32.2. The predicted molar refractivity (Wildman–Crippen MR) is 118 cm³/mol. The van der Waals surface area contributed by atoms with E-state index in [0.717, 1.165) is 18.2 Å². The molecule has 10 heteroatoms. The van der Waals surface area contributed by atoms with Gasteiger partial charge in [-0.3, -0.25) is 4.18 Å². The second-order valence-corrected chi connectivity index (χ2v) is 9.19. The summed E-state index contributed by atoms with van der Waals surface area (Å²) in [4.78, 5) is 0. The Kier molecular flexibility index (Phi) is 9.78. The van der Waals surface area contributed by atoms with Crippen molar-refractivity contribution in [3.8, 4) is 0 Å². The summed E-state index contributed by atoms with van der Waals surface area (Å²) in [6, 6.07) is 19.0. The quantitative estimate of drug-likeness (QED) is 0.453. The van der Waals surface area contributed by atoms with Crippen LogP contribution >= 0.6 is 0 Å². The molecule has 1 aliphatic rings. The van der Waals surface area contributed by atoms with Gasteiger partial charge in [-0.1, -0.05) is 60.7 Å². The molecule has 0 spiro atoms. The summed E-state index contributed by atoms with van der Waals surface area (Å²) in [5.74, 6) is -0.746. The van der Waals surface area contributed by atoms with Gasteiger partial charge < -0.3 is 28.8 Å². The van der Waals surface area contributed by atoms with Gasteiger partial charge in [0.25, 0.3) is 10.1 Å². The number of rotatable bonds is 12. The van der Waals surface area contributed by atoms with E-state index in [1.165, 1.54) is 7.11 Å².